The number of carbonyl (C=O) groups is 1. The first-order chi connectivity index (χ1) is 9.47. The molecule has 20 heavy (non-hydrogen) atoms. The monoisotopic (exact) mass is 277 g/mol. The van der Waals surface area contributed by atoms with Crippen LogP contribution >= 0.6 is 0 Å². The van der Waals surface area contributed by atoms with Gasteiger partial charge in [-0.1, -0.05) is 13.3 Å². The van der Waals surface area contributed by atoms with Crippen LogP contribution in [0, 0.1) is 21.4 Å². The number of nitrogens with one attached hydrogen (secondary N) is 1. The van der Waals surface area contributed by atoms with Crippen LogP contribution < -0.4 is 5.32 Å². The van der Waals surface area contributed by atoms with E-state index >= 15 is 0 Å². The van der Waals surface area contributed by atoms with E-state index in [1.54, 1.807) is 6.07 Å². The van der Waals surface area contributed by atoms with E-state index < -0.39 is 10.9 Å². The standard InChI is InChI=1S/C13H15N3O4/c1-2-3-10(7-13(17)18)15-11-4-5-12(16(19)20)9(6-11)8-14/h4-6,10,15H,2-3,7H2,1H3,(H,17,18). The lowest BCUT2D eigenvalue weighted by Gasteiger charge is -2.17. The quantitative estimate of drug-likeness (QED) is 0.584. The number of nitro groups is 1. The van der Waals surface area contributed by atoms with Crippen LogP contribution in [0.25, 0.3) is 0 Å². The predicted octanol–water partition coefficient (Wildman–Crippen LogP) is 2.52. The maximum absolute atomic E-state index is 10.8. The summed E-state index contributed by atoms with van der Waals surface area (Å²) >= 11 is 0. The molecule has 0 aromatic heterocycles. The smallest absolute Gasteiger partial charge is 0.305 e. The van der Waals surface area contributed by atoms with Crippen molar-refractivity contribution in [2.75, 3.05) is 5.32 Å². The molecule has 7 heteroatoms. The van der Waals surface area contributed by atoms with Gasteiger partial charge >= 0.3 is 5.97 Å². The second kappa shape index (κ2) is 7.09. The van der Waals surface area contributed by atoms with Gasteiger partial charge in [0.05, 0.1) is 11.3 Å². The molecule has 0 amide bonds. The average molecular weight is 277 g/mol. The van der Waals surface area contributed by atoms with Gasteiger partial charge in [-0.05, 0) is 18.6 Å². The molecule has 1 aromatic carbocycles. The van der Waals surface area contributed by atoms with Crippen molar-refractivity contribution in [2.24, 2.45) is 0 Å². The van der Waals surface area contributed by atoms with Gasteiger partial charge in [-0.25, -0.2) is 0 Å². The molecule has 0 aliphatic heterocycles. The van der Waals surface area contributed by atoms with E-state index in [1.807, 2.05) is 6.92 Å². The Kier molecular flexibility index (Phi) is 5.47. The van der Waals surface area contributed by atoms with Gasteiger partial charge in [-0.2, -0.15) is 5.26 Å². The van der Waals surface area contributed by atoms with Gasteiger partial charge < -0.3 is 10.4 Å². The van der Waals surface area contributed by atoms with Crippen LogP contribution in [0.2, 0.25) is 0 Å². The summed E-state index contributed by atoms with van der Waals surface area (Å²) in [6.07, 6.45) is 1.42. The molecular formula is C13H15N3O4. The number of hydrogen-bond acceptors (Lipinski definition) is 5. The SMILES string of the molecule is CCCC(CC(=O)O)Nc1ccc([N+](=O)[O-])c(C#N)c1. The summed E-state index contributed by atoms with van der Waals surface area (Å²) in [6.45, 7) is 1.94. The summed E-state index contributed by atoms with van der Waals surface area (Å²) in [5.74, 6) is -0.918. The number of benzene rings is 1. The van der Waals surface area contributed by atoms with E-state index in [2.05, 4.69) is 5.32 Å². The van der Waals surface area contributed by atoms with Crippen LogP contribution in [0.4, 0.5) is 11.4 Å². The number of nitrogens with zero attached hydrogens (tertiary/aromatic N) is 2. The normalized spacial score (nSPS) is 11.4. The molecule has 7 nitrogen and oxygen atoms in total. The van der Waals surface area contributed by atoms with E-state index in [0.29, 0.717) is 12.1 Å². The Balaban J connectivity index is 2.93. The Hall–Kier alpha value is -2.62. The second-order valence-electron chi connectivity index (χ2n) is 4.33. The molecule has 0 aliphatic carbocycles. The van der Waals surface area contributed by atoms with E-state index in [1.165, 1.54) is 18.2 Å². The minimum absolute atomic E-state index is 0.0489. The highest BCUT2D eigenvalue weighted by Gasteiger charge is 2.16. The number of anilines is 1. The van der Waals surface area contributed by atoms with Crippen LogP contribution in [-0.2, 0) is 4.79 Å². The number of rotatable bonds is 7. The topological polar surface area (TPSA) is 116 Å². The van der Waals surface area contributed by atoms with Crippen LogP contribution in [-0.4, -0.2) is 22.0 Å². The Morgan fingerprint density at radius 2 is 2.30 bits per heavy atom. The second-order valence-corrected chi connectivity index (χ2v) is 4.33. The van der Waals surface area contributed by atoms with Crippen molar-refractivity contribution >= 4 is 17.3 Å². The van der Waals surface area contributed by atoms with Crippen molar-refractivity contribution in [3.05, 3.63) is 33.9 Å². The summed E-state index contributed by atoms with van der Waals surface area (Å²) in [6, 6.07) is 5.57. The zero-order valence-electron chi connectivity index (χ0n) is 11.0. The molecule has 0 spiro atoms. The summed E-state index contributed by atoms with van der Waals surface area (Å²) in [4.78, 5) is 20.9. The van der Waals surface area contributed by atoms with Crippen LogP contribution in [0.5, 0.6) is 0 Å². The summed E-state index contributed by atoms with van der Waals surface area (Å²) < 4.78 is 0. The van der Waals surface area contributed by atoms with E-state index in [-0.39, 0.29) is 23.7 Å². The van der Waals surface area contributed by atoms with E-state index in [4.69, 9.17) is 10.4 Å². The largest absolute Gasteiger partial charge is 0.481 e. The molecule has 1 atom stereocenters. The average Bonchev–Trinajstić information content (AvgIpc) is 2.37. The molecule has 0 fully saturated rings. The van der Waals surface area contributed by atoms with Crippen molar-refractivity contribution in [1.82, 2.24) is 0 Å². The molecule has 1 aromatic rings. The molecule has 0 saturated carbocycles. The number of hydrogen-bond donors (Lipinski definition) is 2. The molecule has 1 unspecified atom stereocenters. The van der Waals surface area contributed by atoms with Crippen molar-refractivity contribution in [2.45, 2.75) is 32.2 Å². The zero-order chi connectivity index (χ0) is 15.1. The minimum atomic E-state index is -0.918. The number of nitriles is 1. The first-order valence-corrected chi connectivity index (χ1v) is 6.14. The van der Waals surface area contributed by atoms with Crippen LogP contribution in [0.3, 0.4) is 0 Å². The molecular weight excluding hydrogens is 262 g/mol. The highest BCUT2D eigenvalue weighted by Crippen LogP contribution is 2.23. The van der Waals surface area contributed by atoms with Crippen LogP contribution in [0.1, 0.15) is 31.7 Å². The van der Waals surface area contributed by atoms with Gasteiger partial charge in [0, 0.05) is 17.8 Å². The number of carboxylic acid groups (broad SMARTS) is 1. The number of carboxylic acids is 1. The highest BCUT2D eigenvalue weighted by atomic mass is 16.6. The Bertz CT molecular complexity index is 551. The molecule has 106 valence electrons. The Morgan fingerprint density at radius 1 is 1.60 bits per heavy atom. The first-order valence-electron chi connectivity index (χ1n) is 6.14. The molecule has 0 saturated heterocycles. The van der Waals surface area contributed by atoms with Crippen molar-refractivity contribution < 1.29 is 14.8 Å². The van der Waals surface area contributed by atoms with Gasteiger partial charge in [-0.15, -0.1) is 0 Å². The molecule has 0 bridgehead atoms. The third kappa shape index (κ3) is 4.24. The van der Waals surface area contributed by atoms with Gasteiger partial charge in [0.2, 0.25) is 0 Å². The number of aliphatic carboxylic acids is 1. The van der Waals surface area contributed by atoms with Gasteiger partial charge in [0.15, 0.2) is 0 Å². The fourth-order valence-corrected chi connectivity index (χ4v) is 1.89. The molecule has 1 rings (SSSR count). The molecule has 0 radical (unpaired) electrons. The lowest BCUT2D eigenvalue weighted by Crippen LogP contribution is -2.23. The zero-order valence-corrected chi connectivity index (χ0v) is 11.0. The molecule has 2 N–H and O–H groups in total. The van der Waals surface area contributed by atoms with Crippen molar-refractivity contribution in [3.8, 4) is 6.07 Å². The number of nitro benzene ring substituents is 1. The first kappa shape index (κ1) is 15.4. The van der Waals surface area contributed by atoms with Crippen molar-refractivity contribution in [3.63, 3.8) is 0 Å². The highest BCUT2D eigenvalue weighted by molar-refractivity contribution is 5.68. The van der Waals surface area contributed by atoms with Gasteiger partial charge in [-0.3, -0.25) is 14.9 Å². The maximum Gasteiger partial charge on any atom is 0.305 e. The third-order valence-electron chi connectivity index (χ3n) is 2.74. The Morgan fingerprint density at radius 3 is 2.80 bits per heavy atom. The van der Waals surface area contributed by atoms with Gasteiger partial charge in [0.1, 0.15) is 11.6 Å². The van der Waals surface area contributed by atoms with Crippen LogP contribution in [0.15, 0.2) is 18.2 Å². The summed E-state index contributed by atoms with van der Waals surface area (Å²) in [5.41, 5.74) is 0.195. The van der Waals surface area contributed by atoms with E-state index in [0.717, 1.165) is 6.42 Å². The molecule has 0 aliphatic rings. The predicted molar refractivity (Wildman–Crippen MR) is 72.4 cm³/mol. The maximum atomic E-state index is 10.8. The fourth-order valence-electron chi connectivity index (χ4n) is 1.89. The van der Waals surface area contributed by atoms with Gasteiger partial charge in [0.25, 0.3) is 5.69 Å². The fraction of sp³-hybridized carbons (Fsp3) is 0.385. The summed E-state index contributed by atoms with van der Waals surface area (Å²) in [7, 11) is 0. The molecule has 0 heterocycles. The third-order valence-corrected chi connectivity index (χ3v) is 2.74. The Labute approximate surface area is 116 Å². The minimum Gasteiger partial charge on any atom is -0.481 e. The van der Waals surface area contributed by atoms with Crippen molar-refractivity contribution in [1.29, 1.82) is 5.26 Å². The lowest BCUT2D eigenvalue weighted by molar-refractivity contribution is -0.385. The summed E-state index contributed by atoms with van der Waals surface area (Å²) in [5, 5.41) is 31.4. The lowest BCUT2D eigenvalue weighted by atomic mass is 10.1. The van der Waals surface area contributed by atoms with E-state index in [9.17, 15) is 14.9 Å².